The van der Waals surface area contributed by atoms with Crippen molar-refractivity contribution in [3.05, 3.63) is 34.6 Å². The number of likely N-dealkylation sites (tertiary alicyclic amines) is 1. The zero-order valence-electron chi connectivity index (χ0n) is 15.0. The molecule has 1 aromatic rings. The third-order valence-corrected chi connectivity index (χ3v) is 5.92. The topological polar surface area (TPSA) is 52.6 Å². The number of nitrogens with one attached hydrogen (secondary N) is 1. The van der Waals surface area contributed by atoms with Gasteiger partial charge in [0.05, 0.1) is 5.41 Å². The molecule has 2 N–H and O–H groups in total. The van der Waals surface area contributed by atoms with Gasteiger partial charge in [0.1, 0.15) is 5.82 Å². The predicted molar refractivity (Wildman–Crippen MR) is 98.4 cm³/mol. The summed E-state index contributed by atoms with van der Waals surface area (Å²) in [5.74, 6) is -0.985. The molecule has 1 heterocycles. The van der Waals surface area contributed by atoms with Gasteiger partial charge in [-0.05, 0) is 50.9 Å². The van der Waals surface area contributed by atoms with E-state index in [0.717, 1.165) is 25.9 Å². The van der Waals surface area contributed by atoms with E-state index < -0.39 is 11.4 Å². The molecule has 0 unspecified atom stereocenters. The molecule has 1 saturated heterocycles. The van der Waals surface area contributed by atoms with E-state index in [-0.39, 0.29) is 5.82 Å². The Morgan fingerprint density at radius 3 is 2.52 bits per heavy atom. The lowest BCUT2D eigenvalue weighted by atomic mass is 9.82. The van der Waals surface area contributed by atoms with Gasteiger partial charge in [0.15, 0.2) is 0 Å². The van der Waals surface area contributed by atoms with Crippen molar-refractivity contribution in [2.75, 3.05) is 19.6 Å². The van der Waals surface area contributed by atoms with Gasteiger partial charge in [0.25, 0.3) is 0 Å². The van der Waals surface area contributed by atoms with Crippen molar-refractivity contribution in [3.63, 3.8) is 0 Å². The summed E-state index contributed by atoms with van der Waals surface area (Å²) in [4.78, 5) is 13.8. The zero-order chi connectivity index (χ0) is 18.4. The molecule has 25 heavy (non-hydrogen) atoms. The van der Waals surface area contributed by atoms with Crippen molar-refractivity contribution in [1.82, 2.24) is 10.2 Å². The summed E-state index contributed by atoms with van der Waals surface area (Å²) in [5, 5.41) is 13.4. The summed E-state index contributed by atoms with van der Waals surface area (Å²) in [7, 11) is 0. The Bertz CT molecular complexity index is 565. The fourth-order valence-corrected chi connectivity index (χ4v) is 3.64. The van der Waals surface area contributed by atoms with Crippen molar-refractivity contribution >= 4 is 17.6 Å². The van der Waals surface area contributed by atoms with Gasteiger partial charge in [0, 0.05) is 29.7 Å². The van der Waals surface area contributed by atoms with Crippen LogP contribution in [-0.4, -0.2) is 41.7 Å². The highest BCUT2D eigenvalue weighted by Gasteiger charge is 2.35. The first kappa shape index (κ1) is 20.1. The van der Waals surface area contributed by atoms with Crippen molar-refractivity contribution in [2.45, 2.75) is 52.1 Å². The number of rotatable bonds is 8. The minimum atomic E-state index is -0.725. The molecule has 2 rings (SSSR count). The first-order valence-electron chi connectivity index (χ1n) is 9.04. The smallest absolute Gasteiger partial charge is 0.310 e. The van der Waals surface area contributed by atoms with Crippen molar-refractivity contribution in [1.29, 1.82) is 0 Å². The maximum atomic E-state index is 13.9. The molecular weight excluding hydrogens is 343 g/mol. The van der Waals surface area contributed by atoms with Crippen LogP contribution in [0.2, 0.25) is 5.02 Å². The number of carbonyl (C=O) groups is 1. The molecule has 6 heteroatoms. The number of benzene rings is 1. The second-order valence-electron chi connectivity index (χ2n) is 6.92. The van der Waals surface area contributed by atoms with Crippen LogP contribution in [0.1, 0.15) is 45.1 Å². The first-order valence-corrected chi connectivity index (χ1v) is 9.41. The number of carboxylic acids is 1. The van der Waals surface area contributed by atoms with Crippen LogP contribution in [-0.2, 0) is 11.3 Å². The lowest BCUT2D eigenvalue weighted by Crippen LogP contribution is -2.48. The fourth-order valence-electron chi connectivity index (χ4n) is 3.42. The standard InChI is InChI=1S/C19H28ClFN2O2/c1-3-19(4-2,18(24)25)13-22-14-8-10-23(11-9-14)12-15-16(20)6-5-7-17(15)21/h5-7,14,22H,3-4,8-13H2,1-2H3,(H,24,25). The van der Waals surface area contributed by atoms with E-state index in [1.54, 1.807) is 12.1 Å². The Kier molecular flexibility index (Phi) is 7.23. The maximum absolute atomic E-state index is 13.9. The van der Waals surface area contributed by atoms with Crippen LogP contribution in [0.25, 0.3) is 0 Å². The molecular formula is C19H28ClFN2O2. The minimum absolute atomic E-state index is 0.259. The summed E-state index contributed by atoms with van der Waals surface area (Å²) in [6, 6.07) is 5.09. The van der Waals surface area contributed by atoms with Gasteiger partial charge >= 0.3 is 5.97 Å². The van der Waals surface area contributed by atoms with E-state index in [2.05, 4.69) is 10.2 Å². The second kappa shape index (κ2) is 8.97. The van der Waals surface area contributed by atoms with E-state index in [4.69, 9.17) is 11.6 Å². The van der Waals surface area contributed by atoms with Crippen molar-refractivity contribution in [2.24, 2.45) is 5.41 Å². The number of aliphatic carboxylic acids is 1. The molecule has 0 bridgehead atoms. The average molecular weight is 371 g/mol. The minimum Gasteiger partial charge on any atom is -0.481 e. The molecule has 1 aromatic carbocycles. The van der Waals surface area contributed by atoms with Gasteiger partial charge in [-0.2, -0.15) is 0 Å². The Hall–Kier alpha value is -1.17. The van der Waals surface area contributed by atoms with E-state index >= 15 is 0 Å². The fraction of sp³-hybridized carbons (Fsp3) is 0.632. The molecule has 0 atom stereocenters. The Morgan fingerprint density at radius 2 is 2.00 bits per heavy atom. The molecule has 1 aliphatic rings. The van der Waals surface area contributed by atoms with Crippen LogP contribution >= 0.6 is 11.6 Å². The highest BCUT2D eigenvalue weighted by Crippen LogP contribution is 2.27. The third-order valence-electron chi connectivity index (χ3n) is 5.57. The molecule has 0 spiro atoms. The SMILES string of the molecule is CCC(CC)(CNC1CCN(Cc2c(F)cccc2Cl)CC1)C(=O)O. The van der Waals surface area contributed by atoms with Gasteiger partial charge in [-0.1, -0.05) is 31.5 Å². The van der Waals surface area contributed by atoms with E-state index in [1.165, 1.54) is 6.07 Å². The van der Waals surface area contributed by atoms with E-state index in [1.807, 2.05) is 13.8 Å². The largest absolute Gasteiger partial charge is 0.481 e. The number of carboxylic acid groups (broad SMARTS) is 1. The average Bonchev–Trinajstić information content (AvgIpc) is 2.60. The number of nitrogens with zero attached hydrogens (tertiary/aromatic N) is 1. The monoisotopic (exact) mass is 370 g/mol. The van der Waals surface area contributed by atoms with Crippen molar-refractivity contribution < 1.29 is 14.3 Å². The summed E-state index contributed by atoms with van der Waals surface area (Å²) < 4.78 is 13.9. The summed E-state index contributed by atoms with van der Waals surface area (Å²) in [6.07, 6.45) is 3.09. The third kappa shape index (κ3) is 4.93. The lowest BCUT2D eigenvalue weighted by Gasteiger charge is -2.35. The molecule has 0 aliphatic carbocycles. The first-order chi connectivity index (χ1) is 11.9. The van der Waals surface area contributed by atoms with Crippen LogP contribution in [0, 0.1) is 11.2 Å². The van der Waals surface area contributed by atoms with Crippen LogP contribution in [0.3, 0.4) is 0 Å². The molecule has 4 nitrogen and oxygen atoms in total. The molecule has 140 valence electrons. The van der Waals surface area contributed by atoms with Crippen LogP contribution in [0.5, 0.6) is 0 Å². The summed E-state index contributed by atoms with van der Waals surface area (Å²) >= 11 is 6.10. The quantitative estimate of drug-likeness (QED) is 0.728. The summed E-state index contributed by atoms with van der Waals surface area (Å²) in [6.45, 7) is 6.57. The molecule has 1 fully saturated rings. The summed E-state index contributed by atoms with van der Waals surface area (Å²) in [5.41, 5.74) is -0.130. The number of halogens is 2. The van der Waals surface area contributed by atoms with E-state index in [9.17, 15) is 14.3 Å². The zero-order valence-corrected chi connectivity index (χ0v) is 15.8. The van der Waals surface area contributed by atoms with Gasteiger partial charge in [-0.25, -0.2) is 4.39 Å². The Balaban J connectivity index is 1.85. The lowest BCUT2D eigenvalue weighted by molar-refractivity contribution is -0.149. The Labute approximate surface area is 154 Å². The van der Waals surface area contributed by atoms with Gasteiger partial charge in [0.2, 0.25) is 0 Å². The number of hydrogen-bond acceptors (Lipinski definition) is 3. The maximum Gasteiger partial charge on any atom is 0.310 e. The van der Waals surface area contributed by atoms with Crippen LogP contribution < -0.4 is 5.32 Å². The van der Waals surface area contributed by atoms with Crippen LogP contribution in [0.15, 0.2) is 18.2 Å². The second-order valence-corrected chi connectivity index (χ2v) is 7.33. The highest BCUT2D eigenvalue weighted by atomic mass is 35.5. The molecule has 0 radical (unpaired) electrons. The predicted octanol–water partition coefficient (Wildman–Crippen LogP) is 3.92. The Morgan fingerprint density at radius 1 is 1.36 bits per heavy atom. The van der Waals surface area contributed by atoms with Gasteiger partial charge in [-0.3, -0.25) is 9.69 Å². The molecule has 0 amide bonds. The molecule has 0 aromatic heterocycles. The number of hydrogen-bond donors (Lipinski definition) is 2. The van der Waals surface area contributed by atoms with Crippen LogP contribution in [0.4, 0.5) is 4.39 Å². The molecule has 0 saturated carbocycles. The van der Waals surface area contributed by atoms with Crippen molar-refractivity contribution in [3.8, 4) is 0 Å². The normalized spacial score (nSPS) is 17.0. The number of piperidine rings is 1. The van der Waals surface area contributed by atoms with Gasteiger partial charge < -0.3 is 10.4 Å². The van der Waals surface area contributed by atoms with Gasteiger partial charge in [-0.15, -0.1) is 0 Å². The highest BCUT2D eigenvalue weighted by molar-refractivity contribution is 6.31. The van der Waals surface area contributed by atoms with E-state index in [0.29, 0.717) is 42.6 Å². The molecule has 1 aliphatic heterocycles.